The van der Waals surface area contributed by atoms with Gasteiger partial charge in [-0.3, -0.25) is 0 Å². The Hall–Kier alpha value is -4.08. The third kappa shape index (κ3) is 4.48. The summed E-state index contributed by atoms with van der Waals surface area (Å²) in [6, 6.07) is 8.08. The summed E-state index contributed by atoms with van der Waals surface area (Å²) in [4.78, 5) is 30.6. The number of pyridine rings is 1. The van der Waals surface area contributed by atoms with Crippen LogP contribution in [0.3, 0.4) is 0 Å². The van der Waals surface area contributed by atoms with Gasteiger partial charge in [-0.2, -0.15) is 0 Å². The SMILES string of the molecule is Cc1cc(F)ccc1-c1nc(N(C(N)=O)c2c(F)cccc2F)ccc1NC(=O)N(C)C. The highest BCUT2D eigenvalue weighted by molar-refractivity contribution is 5.99. The zero-order valence-corrected chi connectivity index (χ0v) is 17.5. The van der Waals surface area contributed by atoms with Crippen LogP contribution in [0.15, 0.2) is 48.5 Å². The predicted molar refractivity (Wildman–Crippen MR) is 115 cm³/mol. The van der Waals surface area contributed by atoms with Gasteiger partial charge in [0.15, 0.2) is 0 Å². The van der Waals surface area contributed by atoms with Gasteiger partial charge in [-0.05, 0) is 55.0 Å². The topological polar surface area (TPSA) is 91.6 Å². The number of halogens is 3. The first kappa shape index (κ1) is 22.6. The lowest BCUT2D eigenvalue weighted by molar-refractivity contribution is 0.230. The molecule has 0 radical (unpaired) electrons. The zero-order valence-electron chi connectivity index (χ0n) is 17.5. The molecule has 0 saturated carbocycles. The summed E-state index contributed by atoms with van der Waals surface area (Å²) >= 11 is 0. The van der Waals surface area contributed by atoms with Crippen LogP contribution in [0.4, 0.5) is 40.0 Å². The molecule has 7 nitrogen and oxygen atoms in total. The van der Waals surface area contributed by atoms with E-state index in [1.54, 1.807) is 6.92 Å². The molecule has 0 spiro atoms. The second kappa shape index (κ2) is 8.96. The quantitative estimate of drug-likeness (QED) is 0.608. The molecule has 0 aliphatic rings. The Bertz CT molecular complexity index is 1180. The predicted octanol–water partition coefficient (Wildman–Crippen LogP) is 4.78. The van der Waals surface area contributed by atoms with Crippen molar-refractivity contribution in [3.8, 4) is 11.3 Å². The molecule has 1 aromatic heterocycles. The zero-order chi connectivity index (χ0) is 23.6. The van der Waals surface area contributed by atoms with Gasteiger partial charge in [-0.15, -0.1) is 0 Å². The number of rotatable bonds is 4. The fourth-order valence-corrected chi connectivity index (χ4v) is 3.04. The lowest BCUT2D eigenvalue weighted by atomic mass is 10.0. The van der Waals surface area contributed by atoms with E-state index >= 15 is 0 Å². The summed E-state index contributed by atoms with van der Waals surface area (Å²) in [6.07, 6.45) is 0. The minimum absolute atomic E-state index is 0.151. The number of aromatic nitrogens is 1. The molecule has 0 atom stereocenters. The van der Waals surface area contributed by atoms with E-state index in [0.29, 0.717) is 16.0 Å². The summed E-state index contributed by atoms with van der Waals surface area (Å²) in [5, 5.41) is 2.66. The third-order valence-electron chi connectivity index (χ3n) is 4.58. The Morgan fingerprint density at radius 2 is 1.66 bits per heavy atom. The largest absolute Gasteiger partial charge is 0.351 e. The molecule has 1 heterocycles. The average molecular weight is 443 g/mol. The second-order valence-corrected chi connectivity index (χ2v) is 7.09. The number of urea groups is 2. The molecule has 0 aliphatic carbocycles. The van der Waals surface area contributed by atoms with Crippen LogP contribution in [0, 0.1) is 24.4 Å². The molecule has 3 aromatic rings. The number of anilines is 3. The normalized spacial score (nSPS) is 10.6. The minimum Gasteiger partial charge on any atom is -0.351 e. The van der Waals surface area contributed by atoms with Gasteiger partial charge in [0.05, 0.1) is 11.4 Å². The van der Waals surface area contributed by atoms with Crippen molar-refractivity contribution in [2.75, 3.05) is 24.3 Å². The van der Waals surface area contributed by atoms with Gasteiger partial charge in [0.25, 0.3) is 0 Å². The highest BCUT2D eigenvalue weighted by Gasteiger charge is 2.25. The number of aryl methyl sites for hydroxylation is 1. The van der Waals surface area contributed by atoms with Gasteiger partial charge in [0.1, 0.15) is 29.0 Å². The first-order valence-corrected chi connectivity index (χ1v) is 9.39. The number of nitrogens with zero attached hydrogens (tertiary/aromatic N) is 3. The van der Waals surface area contributed by atoms with Crippen molar-refractivity contribution in [1.82, 2.24) is 9.88 Å². The van der Waals surface area contributed by atoms with Gasteiger partial charge < -0.3 is 16.0 Å². The fraction of sp³-hybridized carbons (Fsp3) is 0.136. The van der Waals surface area contributed by atoms with Crippen molar-refractivity contribution in [3.63, 3.8) is 0 Å². The van der Waals surface area contributed by atoms with E-state index in [1.807, 2.05) is 0 Å². The molecule has 0 aliphatic heterocycles. The standard InChI is InChI=1S/C22H20F3N5O2/c1-12-11-13(23)7-8-14(12)19-17(27-22(32)29(2)3)9-10-18(28-19)30(21(26)31)20-15(24)5-4-6-16(20)25/h4-11H,1-3H3,(H2,26,31)(H,27,32). The highest BCUT2D eigenvalue weighted by atomic mass is 19.1. The van der Waals surface area contributed by atoms with Crippen LogP contribution in [0.2, 0.25) is 0 Å². The lowest BCUT2D eigenvalue weighted by Gasteiger charge is -2.23. The summed E-state index contributed by atoms with van der Waals surface area (Å²) in [5.41, 5.74) is 6.03. The van der Waals surface area contributed by atoms with E-state index in [1.165, 1.54) is 49.3 Å². The van der Waals surface area contributed by atoms with Crippen molar-refractivity contribution in [1.29, 1.82) is 0 Å². The van der Waals surface area contributed by atoms with Crippen LogP contribution < -0.4 is 16.0 Å². The Labute approximate surface area is 182 Å². The van der Waals surface area contributed by atoms with Gasteiger partial charge in [0.2, 0.25) is 0 Å². The molecular weight excluding hydrogens is 423 g/mol. The van der Waals surface area contributed by atoms with E-state index in [2.05, 4.69) is 10.3 Å². The average Bonchev–Trinajstić information content (AvgIpc) is 2.71. The number of carbonyl (C=O) groups is 2. The number of nitrogens with one attached hydrogen (secondary N) is 1. The molecule has 0 fully saturated rings. The maximum atomic E-state index is 14.4. The van der Waals surface area contributed by atoms with Gasteiger partial charge in [0, 0.05) is 19.7 Å². The van der Waals surface area contributed by atoms with E-state index < -0.39 is 35.2 Å². The number of benzene rings is 2. The Morgan fingerprint density at radius 1 is 1.00 bits per heavy atom. The van der Waals surface area contributed by atoms with Crippen molar-refractivity contribution in [2.24, 2.45) is 5.73 Å². The molecule has 0 saturated heterocycles. The molecule has 0 bridgehead atoms. The molecule has 2 aromatic carbocycles. The summed E-state index contributed by atoms with van der Waals surface area (Å²) in [5.74, 6) is -2.71. The monoisotopic (exact) mass is 443 g/mol. The molecule has 3 N–H and O–H groups in total. The fourth-order valence-electron chi connectivity index (χ4n) is 3.04. The maximum Gasteiger partial charge on any atom is 0.325 e. The van der Waals surface area contributed by atoms with Crippen molar-refractivity contribution in [3.05, 3.63) is 71.5 Å². The Balaban J connectivity index is 2.23. The molecule has 4 amide bonds. The highest BCUT2D eigenvalue weighted by Crippen LogP contribution is 2.35. The van der Waals surface area contributed by atoms with Crippen molar-refractivity contribution < 1.29 is 22.8 Å². The van der Waals surface area contributed by atoms with Crippen LogP contribution >= 0.6 is 0 Å². The summed E-state index contributed by atoms with van der Waals surface area (Å²) in [7, 11) is 3.07. The Morgan fingerprint density at radius 3 is 2.22 bits per heavy atom. The number of amides is 4. The Kier molecular flexibility index (Phi) is 6.33. The molecule has 10 heteroatoms. The van der Waals surface area contributed by atoms with Gasteiger partial charge >= 0.3 is 12.1 Å². The summed E-state index contributed by atoms with van der Waals surface area (Å²) in [6.45, 7) is 1.63. The number of hydrogen-bond donors (Lipinski definition) is 2. The number of nitrogens with two attached hydrogens (primary N) is 1. The first-order chi connectivity index (χ1) is 15.1. The van der Waals surface area contributed by atoms with E-state index in [9.17, 15) is 22.8 Å². The van der Waals surface area contributed by atoms with E-state index in [0.717, 1.165) is 18.2 Å². The molecule has 32 heavy (non-hydrogen) atoms. The molecular formula is C22H20F3N5O2. The smallest absolute Gasteiger partial charge is 0.325 e. The minimum atomic E-state index is -1.17. The molecule has 166 valence electrons. The van der Waals surface area contributed by atoms with Gasteiger partial charge in [-0.25, -0.2) is 32.6 Å². The van der Waals surface area contributed by atoms with E-state index in [-0.39, 0.29) is 17.2 Å². The summed E-state index contributed by atoms with van der Waals surface area (Å²) < 4.78 is 42.4. The molecule has 3 rings (SSSR count). The van der Waals surface area contributed by atoms with Crippen molar-refractivity contribution in [2.45, 2.75) is 6.92 Å². The lowest BCUT2D eigenvalue weighted by Crippen LogP contribution is -2.33. The van der Waals surface area contributed by atoms with Gasteiger partial charge in [-0.1, -0.05) is 6.07 Å². The van der Waals surface area contributed by atoms with Crippen LogP contribution in [-0.2, 0) is 0 Å². The van der Waals surface area contributed by atoms with Crippen LogP contribution in [-0.4, -0.2) is 36.0 Å². The number of para-hydroxylation sites is 1. The number of primary amides is 1. The number of hydrogen-bond acceptors (Lipinski definition) is 3. The van der Waals surface area contributed by atoms with Crippen molar-refractivity contribution >= 4 is 29.3 Å². The number of carbonyl (C=O) groups excluding carboxylic acids is 2. The van der Waals surface area contributed by atoms with Crippen LogP contribution in [0.1, 0.15) is 5.56 Å². The van der Waals surface area contributed by atoms with E-state index in [4.69, 9.17) is 5.73 Å². The van der Waals surface area contributed by atoms with Crippen LogP contribution in [0.25, 0.3) is 11.3 Å². The second-order valence-electron chi connectivity index (χ2n) is 7.09. The first-order valence-electron chi connectivity index (χ1n) is 9.39. The van der Waals surface area contributed by atoms with Crippen LogP contribution in [0.5, 0.6) is 0 Å². The maximum absolute atomic E-state index is 14.4. The molecule has 0 unspecified atom stereocenters. The third-order valence-corrected chi connectivity index (χ3v) is 4.58.